The lowest BCUT2D eigenvalue weighted by Crippen LogP contribution is -2.24. The third-order valence-electron chi connectivity index (χ3n) is 3.88. The quantitative estimate of drug-likeness (QED) is 0.820. The van der Waals surface area contributed by atoms with Crippen molar-refractivity contribution >= 4 is 22.3 Å². The van der Waals surface area contributed by atoms with Gasteiger partial charge < -0.3 is 11.1 Å². The molecule has 0 aliphatic carbocycles. The summed E-state index contributed by atoms with van der Waals surface area (Å²) >= 11 is 0. The van der Waals surface area contributed by atoms with Crippen LogP contribution in [0.5, 0.6) is 0 Å². The Kier molecular flexibility index (Phi) is 3.65. The van der Waals surface area contributed by atoms with Crippen LogP contribution < -0.4 is 11.1 Å². The van der Waals surface area contributed by atoms with E-state index in [2.05, 4.69) is 44.1 Å². The fourth-order valence-electron chi connectivity index (χ4n) is 1.92. The Balaban J connectivity index is 2.25. The van der Waals surface area contributed by atoms with E-state index in [1.165, 1.54) is 0 Å². The SMILES string of the molecule is CC(CNc1ccc(N)c2ncccc12)C(C)(C)C. The van der Waals surface area contributed by atoms with E-state index in [1.54, 1.807) is 6.20 Å². The zero-order chi connectivity index (χ0) is 14.0. The molecule has 0 bridgehead atoms. The van der Waals surface area contributed by atoms with E-state index in [9.17, 15) is 0 Å². The first-order chi connectivity index (χ1) is 8.89. The first kappa shape index (κ1) is 13.7. The van der Waals surface area contributed by atoms with Crippen LogP contribution in [-0.4, -0.2) is 11.5 Å². The van der Waals surface area contributed by atoms with Crippen LogP contribution in [0.4, 0.5) is 11.4 Å². The highest BCUT2D eigenvalue weighted by atomic mass is 14.9. The average molecular weight is 257 g/mol. The Bertz CT molecular complexity index is 570. The molecule has 2 aromatic rings. The van der Waals surface area contributed by atoms with Crippen molar-refractivity contribution < 1.29 is 0 Å². The Labute approximate surface area is 115 Å². The molecule has 0 spiro atoms. The Morgan fingerprint density at radius 1 is 1.26 bits per heavy atom. The summed E-state index contributed by atoms with van der Waals surface area (Å²) in [4.78, 5) is 4.35. The molecule has 1 aromatic heterocycles. The summed E-state index contributed by atoms with van der Waals surface area (Å²) in [7, 11) is 0. The Morgan fingerprint density at radius 3 is 2.68 bits per heavy atom. The summed E-state index contributed by atoms with van der Waals surface area (Å²) in [5.41, 5.74) is 8.96. The maximum atomic E-state index is 5.96. The van der Waals surface area contributed by atoms with Crippen molar-refractivity contribution in [3.8, 4) is 0 Å². The first-order valence-corrected chi connectivity index (χ1v) is 6.76. The number of fused-ring (bicyclic) bond motifs is 1. The zero-order valence-electron chi connectivity index (χ0n) is 12.2. The summed E-state index contributed by atoms with van der Waals surface area (Å²) in [5.74, 6) is 0.580. The van der Waals surface area contributed by atoms with Crippen LogP contribution in [0.15, 0.2) is 30.5 Å². The van der Waals surface area contributed by atoms with Crippen LogP contribution in [0, 0.1) is 11.3 Å². The fraction of sp³-hybridized carbons (Fsp3) is 0.438. The maximum absolute atomic E-state index is 5.96. The minimum Gasteiger partial charge on any atom is -0.397 e. The van der Waals surface area contributed by atoms with Crippen LogP contribution >= 0.6 is 0 Å². The number of nitrogen functional groups attached to an aromatic ring is 1. The Morgan fingerprint density at radius 2 is 2.00 bits per heavy atom. The molecular weight excluding hydrogens is 234 g/mol. The summed E-state index contributed by atoms with van der Waals surface area (Å²) in [5, 5.41) is 4.61. The maximum Gasteiger partial charge on any atom is 0.0951 e. The smallest absolute Gasteiger partial charge is 0.0951 e. The van der Waals surface area contributed by atoms with Gasteiger partial charge in [0.05, 0.1) is 11.2 Å². The number of hydrogen-bond acceptors (Lipinski definition) is 3. The predicted molar refractivity (Wildman–Crippen MR) is 83.3 cm³/mol. The number of nitrogens with one attached hydrogen (secondary N) is 1. The molecule has 0 amide bonds. The molecule has 1 aromatic carbocycles. The lowest BCUT2D eigenvalue weighted by molar-refractivity contribution is 0.274. The Hall–Kier alpha value is -1.77. The molecule has 3 nitrogen and oxygen atoms in total. The van der Waals surface area contributed by atoms with Gasteiger partial charge in [-0.05, 0) is 35.6 Å². The predicted octanol–water partition coefficient (Wildman–Crippen LogP) is 3.91. The lowest BCUT2D eigenvalue weighted by Gasteiger charge is -2.28. The molecule has 0 fully saturated rings. The van der Waals surface area contributed by atoms with Gasteiger partial charge in [0.15, 0.2) is 0 Å². The van der Waals surface area contributed by atoms with Gasteiger partial charge in [0.25, 0.3) is 0 Å². The van der Waals surface area contributed by atoms with Crippen LogP contribution in [-0.2, 0) is 0 Å². The molecule has 0 radical (unpaired) electrons. The van der Waals surface area contributed by atoms with Crippen molar-refractivity contribution in [3.05, 3.63) is 30.5 Å². The summed E-state index contributed by atoms with van der Waals surface area (Å²) in [6.45, 7) is 10.0. The molecule has 0 aliphatic heterocycles. The van der Waals surface area contributed by atoms with Crippen molar-refractivity contribution in [1.29, 1.82) is 0 Å². The van der Waals surface area contributed by atoms with Crippen molar-refractivity contribution in [2.45, 2.75) is 27.7 Å². The molecule has 0 saturated heterocycles. The van der Waals surface area contributed by atoms with Gasteiger partial charge in [0, 0.05) is 23.8 Å². The van der Waals surface area contributed by atoms with Gasteiger partial charge in [-0.15, -0.1) is 0 Å². The number of benzene rings is 1. The third-order valence-corrected chi connectivity index (χ3v) is 3.88. The van der Waals surface area contributed by atoms with Crippen LogP contribution in [0.3, 0.4) is 0 Å². The molecule has 1 atom stereocenters. The summed E-state index contributed by atoms with van der Waals surface area (Å²) in [6.07, 6.45) is 1.78. The molecule has 1 unspecified atom stereocenters. The second-order valence-corrected chi connectivity index (χ2v) is 6.25. The molecule has 19 heavy (non-hydrogen) atoms. The zero-order valence-corrected chi connectivity index (χ0v) is 12.2. The minimum atomic E-state index is 0.300. The number of aromatic nitrogens is 1. The van der Waals surface area contributed by atoms with Gasteiger partial charge >= 0.3 is 0 Å². The number of pyridine rings is 1. The molecule has 1 heterocycles. The number of hydrogen-bond donors (Lipinski definition) is 2. The van der Waals surface area contributed by atoms with Crippen LogP contribution in [0.25, 0.3) is 10.9 Å². The summed E-state index contributed by atoms with van der Waals surface area (Å²) < 4.78 is 0. The van der Waals surface area contributed by atoms with E-state index in [1.807, 2.05) is 18.2 Å². The van der Waals surface area contributed by atoms with E-state index in [4.69, 9.17) is 5.73 Å². The number of anilines is 2. The highest BCUT2D eigenvalue weighted by Crippen LogP contribution is 2.29. The second kappa shape index (κ2) is 5.08. The lowest BCUT2D eigenvalue weighted by atomic mass is 9.82. The van der Waals surface area contributed by atoms with Crippen LogP contribution in [0.2, 0.25) is 0 Å². The molecule has 0 aliphatic rings. The fourth-order valence-corrected chi connectivity index (χ4v) is 1.92. The van der Waals surface area contributed by atoms with Crippen molar-refractivity contribution in [3.63, 3.8) is 0 Å². The minimum absolute atomic E-state index is 0.300. The van der Waals surface area contributed by atoms with Gasteiger partial charge in [-0.2, -0.15) is 0 Å². The standard InChI is InChI=1S/C16H23N3/c1-11(16(2,3)4)10-19-14-8-7-13(17)15-12(14)6-5-9-18-15/h5-9,11,19H,10,17H2,1-4H3. The number of nitrogens with zero attached hydrogens (tertiary/aromatic N) is 1. The van der Waals surface area contributed by atoms with Crippen molar-refractivity contribution in [1.82, 2.24) is 4.98 Å². The van der Waals surface area contributed by atoms with Crippen molar-refractivity contribution in [2.75, 3.05) is 17.6 Å². The van der Waals surface area contributed by atoms with Gasteiger partial charge in [0.1, 0.15) is 0 Å². The van der Waals surface area contributed by atoms with Gasteiger partial charge in [-0.3, -0.25) is 4.98 Å². The van der Waals surface area contributed by atoms with E-state index in [-0.39, 0.29) is 0 Å². The van der Waals surface area contributed by atoms with E-state index >= 15 is 0 Å². The number of rotatable bonds is 3. The average Bonchev–Trinajstić information content (AvgIpc) is 2.37. The van der Waals surface area contributed by atoms with Gasteiger partial charge in [-0.25, -0.2) is 0 Å². The molecule has 2 rings (SSSR count). The monoisotopic (exact) mass is 257 g/mol. The molecular formula is C16H23N3. The third kappa shape index (κ3) is 2.98. The van der Waals surface area contributed by atoms with E-state index in [0.29, 0.717) is 11.3 Å². The van der Waals surface area contributed by atoms with Gasteiger partial charge in [-0.1, -0.05) is 27.7 Å². The topological polar surface area (TPSA) is 50.9 Å². The highest BCUT2D eigenvalue weighted by Gasteiger charge is 2.19. The molecule has 3 heteroatoms. The largest absolute Gasteiger partial charge is 0.397 e. The van der Waals surface area contributed by atoms with Crippen molar-refractivity contribution in [2.24, 2.45) is 11.3 Å². The van der Waals surface area contributed by atoms with Crippen LogP contribution in [0.1, 0.15) is 27.7 Å². The highest BCUT2D eigenvalue weighted by molar-refractivity contribution is 5.98. The van der Waals surface area contributed by atoms with E-state index < -0.39 is 0 Å². The molecule has 0 saturated carbocycles. The first-order valence-electron chi connectivity index (χ1n) is 6.76. The molecule has 3 N–H and O–H groups in total. The molecule has 102 valence electrons. The summed E-state index contributed by atoms with van der Waals surface area (Å²) in [6, 6.07) is 7.96. The second-order valence-electron chi connectivity index (χ2n) is 6.25. The van der Waals surface area contributed by atoms with E-state index in [0.717, 1.165) is 28.8 Å². The number of nitrogens with two attached hydrogens (primary N) is 1. The normalized spacial score (nSPS) is 13.5. The van der Waals surface area contributed by atoms with Gasteiger partial charge in [0.2, 0.25) is 0 Å².